The van der Waals surface area contributed by atoms with Crippen LogP contribution in [-0.2, 0) is 14.4 Å². The summed E-state index contributed by atoms with van der Waals surface area (Å²) in [5.74, 6) is -0.659. The molecular weight excluding hydrogens is 464 g/mol. The maximum Gasteiger partial charge on any atom is 0.303 e. The summed E-state index contributed by atoms with van der Waals surface area (Å²) in [4.78, 5) is 33.3. The Morgan fingerprint density at radius 3 is 1.38 bits per heavy atom. The summed E-state index contributed by atoms with van der Waals surface area (Å²) in [7, 11) is 0. The van der Waals surface area contributed by atoms with Gasteiger partial charge in [0.2, 0.25) is 11.8 Å². The van der Waals surface area contributed by atoms with E-state index in [4.69, 9.17) is 10.8 Å². The molecule has 2 amide bonds. The lowest BCUT2D eigenvalue weighted by Crippen LogP contribution is -2.39. The van der Waals surface area contributed by atoms with Gasteiger partial charge in [-0.25, -0.2) is 0 Å². The minimum Gasteiger partial charge on any atom is -0.481 e. The van der Waals surface area contributed by atoms with E-state index in [9.17, 15) is 14.4 Å². The van der Waals surface area contributed by atoms with Gasteiger partial charge in [-0.05, 0) is 38.5 Å². The molecule has 1 aliphatic carbocycles. The van der Waals surface area contributed by atoms with Crippen molar-refractivity contribution in [3.8, 4) is 0 Å². The summed E-state index contributed by atoms with van der Waals surface area (Å²) < 4.78 is 0. The van der Waals surface area contributed by atoms with E-state index in [1.54, 1.807) is 0 Å². The van der Waals surface area contributed by atoms with E-state index in [1.165, 1.54) is 89.9 Å². The molecule has 1 aliphatic rings. The first-order valence-electron chi connectivity index (χ1n) is 15.7. The molecule has 6 nitrogen and oxygen atoms in total. The summed E-state index contributed by atoms with van der Waals surface area (Å²) in [5, 5.41) is 11.5. The molecule has 0 aromatic rings. The Bertz CT molecular complexity index is 559. The number of nitrogens with one attached hydrogen (secondary N) is 1. The number of amides is 2. The second-order valence-corrected chi connectivity index (χ2v) is 11.1. The molecule has 6 heteroatoms. The number of nitrogens with two attached hydrogens (primary N) is 1. The smallest absolute Gasteiger partial charge is 0.303 e. The third-order valence-electron chi connectivity index (χ3n) is 7.50. The van der Waals surface area contributed by atoms with Crippen molar-refractivity contribution in [1.29, 1.82) is 0 Å². The van der Waals surface area contributed by atoms with Crippen molar-refractivity contribution in [1.82, 2.24) is 5.32 Å². The zero-order valence-electron chi connectivity index (χ0n) is 24.4. The molecule has 0 aliphatic heterocycles. The molecule has 1 fully saturated rings. The standard InChI is InChI=1S/C19H36N2O2.C12H24O2/c1-2-3-4-5-6-7-8-9-10-11-18(22)21-17-14-12-16(13-15-17)19(20)23;1-2-3-4-5-6-7-8-9-10-11-12(13)14/h16-17H,2-15H2,1H3,(H2,20,23)(H,21,22);2-11H2,1H3,(H,13,14). The van der Waals surface area contributed by atoms with Crippen LogP contribution in [0.1, 0.15) is 168 Å². The van der Waals surface area contributed by atoms with Crippen LogP contribution in [0.3, 0.4) is 0 Å². The summed E-state index contributed by atoms with van der Waals surface area (Å²) in [5.41, 5.74) is 5.33. The lowest BCUT2D eigenvalue weighted by Gasteiger charge is -2.27. The van der Waals surface area contributed by atoms with Crippen LogP contribution in [0.15, 0.2) is 0 Å². The van der Waals surface area contributed by atoms with Crippen molar-refractivity contribution < 1.29 is 19.5 Å². The van der Waals surface area contributed by atoms with Crippen molar-refractivity contribution in [2.45, 2.75) is 174 Å². The van der Waals surface area contributed by atoms with Crippen molar-refractivity contribution in [2.75, 3.05) is 0 Å². The maximum atomic E-state index is 11.9. The summed E-state index contributed by atoms with van der Waals surface area (Å²) >= 11 is 0. The highest BCUT2D eigenvalue weighted by molar-refractivity contribution is 5.77. The van der Waals surface area contributed by atoms with Gasteiger partial charge in [-0.15, -0.1) is 0 Å². The molecule has 0 atom stereocenters. The Morgan fingerprint density at radius 1 is 0.622 bits per heavy atom. The van der Waals surface area contributed by atoms with Crippen LogP contribution in [0.5, 0.6) is 0 Å². The van der Waals surface area contributed by atoms with Gasteiger partial charge in [0.15, 0.2) is 0 Å². The molecule has 0 unspecified atom stereocenters. The van der Waals surface area contributed by atoms with Gasteiger partial charge in [0.1, 0.15) is 0 Å². The van der Waals surface area contributed by atoms with E-state index >= 15 is 0 Å². The highest BCUT2D eigenvalue weighted by Crippen LogP contribution is 2.24. The summed E-state index contributed by atoms with van der Waals surface area (Å²) in [6, 6.07) is 0.247. The molecule has 0 radical (unpaired) electrons. The fourth-order valence-electron chi connectivity index (χ4n) is 5.01. The number of carboxylic acids is 1. The molecule has 4 N–H and O–H groups in total. The number of carbonyl (C=O) groups excluding carboxylic acids is 2. The fraction of sp³-hybridized carbons (Fsp3) is 0.903. The first-order chi connectivity index (χ1) is 17.9. The Hall–Kier alpha value is -1.59. The quantitative estimate of drug-likeness (QED) is 0.124. The highest BCUT2D eigenvalue weighted by atomic mass is 16.4. The minimum absolute atomic E-state index is 0.0143. The molecule has 0 spiro atoms. The zero-order valence-corrected chi connectivity index (χ0v) is 24.4. The summed E-state index contributed by atoms with van der Waals surface area (Å²) in [6.45, 7) is 4.47. The monoisotopic (exact) mass is 524 g/mol. The van der Waals surface area contributed by atoms with Crippen LogP contribution in [0.25, 0.3) is 0 Å². The first kappa shape index (κ1) is 35.4. The number of hydrogen-bond acceptors (Lipinski definition) is 3. The highest BCUT2D eigenvalue weighted by Gasteiger charge is 2.25. The number of rotatable bonds is 22. The van der Waals surface area contributed by atoms with Crippen LogP contribution >= 0.6 is 0 Å². The van der Waals surface area contributed by atoms with Crippen LogP contribution in [-0.4, -0.2) is 28.9 Å². The van der Waals surface area contributed by atoms with Gasteiger partial charge in [-0.1, -0.05) is 117 Å². The van der Waals surface area contributed by atoms with Gasteiger partial charge in [0, 0.05) is 24.8 Å². The van der Waals surface area contributed by atoms with E-state index in [1.807, 2.05) is 0 Å². The molecule has 0 bridgehead atoms. The third kappa shape index (κ3) is 24.5. The number of primary amides is 1. The molecule has 1 rings (SSSR count). The van der Waals surface area contributed by atoms with Gasteiger partial charge in [-0.3, -0.25) is 14.4 Å². The normalized spacial score (nSPS) is 17.0. The SMILES string of the molecule is CCCCCCCCCCCC(=O)NC1CCC(C(N)=O)CC1.CCCCCCCCCCCC(=O)O. The average molecular weight is 525 g/mol. The Kier molecular flexibility index (Phi) is 24.9. The maximum absolute atomic E-state index is 11.9. The fourth-order valence-corrected chi connectivity index (χ4v) is 5.01. The predicted octanol–water partition coefficient (Wildman–Crippen LogP) is 8.06. The number of hydrogen-bond donors (Lipinski definition) is 3. The van der Waals surface area contributed by atoms with Gasteiger partial charge in [-0.2, -0.15) is 0 Å². The number of aliphatic carboxylic acids is 1. The third-order valence-corrected chi connectivity index (χ3v) is 7.50. The van der Waals surface area contributed by atoms with Crippen molar-refractivity contribution in [3.05, 3.63) is 0 Å². The van der Waals surface area contributed by atoms with Crippen molar-refractivity contribution >= 4 is 17.8 Å². The van der Waals surface area contributed by atoms with Gasteiger partial charge < -0.3 is 16.2 Å². The van der Waals surface area contributed by atoms with Crippen LogP contribution in [0.4, 0.5) is 0 Å². The molecular formula is C31H60N2O4. The second-order valence-electron chi connectivity index (χ2n) is 11.1. The van der Waals surface area contributed by atoms with Crippen LogP contribution in [0.2, 0.25) is 0 Å². The molecule has 0 saturated heterocycles. The van der Waals surface area contributed by atoms with Gasteiger partial charge >= 0.3 is 5.97 Å². The Morgan fingerprint density at radius 2 is 1.00 bits per heavy atom. The van der Waals surface area contributed by atoms with Crippen LogP contribution in [0, 0.1) is 5.92 Å². The Labute approximate surface area is 228 Å². The minimum atomic E-state index is -0.659. The molecule has 0 heterocycles. The topological polar surface area (TPSA) is 109 Å². The lowest BCUT2D eigenvalue weighted by molar-refractivity contribution is -0.137. The van der Waals surface area contributed by atoms with E-state index in [-0.39, 0.29) is 23.8 Å². The van der Waals surface area contributed by atoms with Crippen LogP contribution < -0.4 is 11.1 Å². The van der Waals surface area contributed by atoms with Crippen molar-refractivity contribution in [2.24, 2.45) is 11.7 Å². The van der Waals surface area contributed by atoms with E-state index in [0.717, 1.165) is 51.4 Å². The molecule has 218 valence electrons. The van der Waals surface area contributed by atoms with Gasteiger partial charge in [0.25, 0.3) is 0 Å². The van der Waals surface area contributed by atoms with Gasteiger partial charge in [0.05, 0.1) is 0 Å². The zero-order chi connectivity index (χ0) is 27.6. The van der Waals surface area contributed by atoms with E-state index < -0.39 is 5.97 Å². The summed E-state index contributed by atoms with van der Waals surface area (Å²) in [6.07, 6.45) is 27.0. The molecule has 0 aromatic heterocycles. The molecule has 37 heavy (non-hydrogen) atoms. The first-order valence-corrected chi connectivity index (χ1v) is 15.7. The average Bonchev–Trinajstić information content (AvgIpc) is 2.87. The number of unbranched alkanes of at least 4 members (excludes halogenated alkanes) is 16. The number of carbonyl (C=O) groups is 3. The predicted molar refractivity (Wildman–Crippen MR) is 154 cm³/mol. The lowest BCUT2D eigenvalue weighted by atomic mass is 9.85. The van der Waals surface area contributed by atoms with Crippen molar-refractivity contribution in [3.63, 3.8) is 0 Å². The number of carboxylic acid groups (broad SMARTS) is 1. The molecule has 0 aromatic carbocycles. The second kappa shape index (κ2) is 26.0. The molecule has 1 saturated carbocycles. The van der Waals surface area contributed by atoms with E-state index in [2.05, 4.69) is 19.2 Å². The Balaban J connectivity index is 0.000000795. The largest absolute Gasteiger partial charge is 0.481 e. The van der Waals surface area contributed by atoms with E-state index in [0.29, 0.717) is 12.8 Å².